The molecule has 0 radical (unpaired) electrons. The maximum Gasteiger partial charge on any atom is 0.330 e. The molecule has 31 heavy (non-hydrogen) atoms. The van der Waals surface area contributed by atoms with Gasteiger partial charge in [0.05, 0.1) is 10.9 Å². The molecule has 0 saturated heterocycles. The van der Waals surface area contributed by atoms with E-state index < -0.39 is 23.1 Å². The first-order valence-electron chi connectivity index (χ1n) is 9.33. The van der Waals surface area contributed by atoms with Crippen LogP contribution in [0.1, 0.15) is 6.92 Å². The van der Waals surface area contributed by atoms with Crippen LogP contribution >= 0.6 is 23.2 Å². The van der Waals surface area contributed by atoms with E-state index >= 15 is 0 Å². The average Bonchev–Trinajstić information content (AvgIpc) is 3.10. The van der Waals surface area contributed by atoms with E-state index in [4.69, 9.17) is 28.9 Å². The Morgan fingerprint density at radius 2 is 1.81 bits per heavy atom. The molecule has 0 spiro atoms. The van der Waals surface area contributed by atoms with Gasteiger partial charge in [-0.3, -0.25) is 23.7 Å². The molecule has 0 saturated carbocycles. The summed E-state index contributed by atoms with van der Waals surface area (Å²) in [4.78, 5) is 44.6. The number of rotatable bonds is 5. The number of H-pyrrole nitrogens is 1. The van der Waals surface area contributed by atoms with Gasteiger partial charge in [-0.2, -0.15) is 0 Å². The number of carbonyl (C=O) groups is 1. The molecule has 1 unspecified atom stereocenters. The summed E-state index contributed by atoms with van der Waals surface area (Å²) in [5.41, 5.74) is 5.44. The van der Waals surface area contributed by atoms with Crippen molar-refractivity contribution >= 4 is 40.3 Å². The van der Waals surface area contributed by atoms with Gasteiger partial charge < -0.3 is 5.73 Å². The van der Waals surface area contributed by atoms with Crippen molar-refractivity contribution in [2.75, 3.05) is 0 Å². The summed E-state index contributed by atoms with van der Waals surface area (Å²) in [5.74, 6) is -0.961. The van der Waals surface area contributed by atoms with Crippen LogP contribution in [-0.2, 0) is 11.3 Å². The largest absolute Gasteiger partial charge is 0.369 e. The predicted octanol–water partition coefficient (Wildman–Crippen LogP) is 2.97. The van der Waals surface area contributed by atoms with Gasteiger partial charge in [0.2, 0.25) is 5.91 Å². The van der Waals surface area contributed by atoms with Gasteiger partial charge >= 0.3 is 5.69 Å². The number of halogens is 2. The number of primary amides is 1. The van der Waals surface area contributed by atoms with Crippen LogP contribution in [-0.4, -0.2) is 25.0 Å². The Balaban J connectivity index is 2.08. The number of nitrogens with two attached hydrogens (primary N) is 1. The van der Waals surface area contributed by atoms with Crippen molar-refractivity contribution < 1.29 is 4.79 Å². The average molecular weight is 458 g/mol. The zero-order valence-electron chi connectivity index (χ0n) is 16.3. The van der Waals surface area contributed by atoms with Crippen molar-refractivity contribution in [3.63, 3.8) is 0 Å². The van der Waals surface area contributed by atoms with E-state index in [0.29, 0.717) is 27.1 Å². The highest BCUT2D eigenvalue weighted by atomic mass is 35.5. The molecular weight excluding hydrogens is 441 g/mol. The third-order valence-corrected chi connectivity index (χ3v) is 5.52. The van der Waals surface area contributed by atoms with Gasteiger partial charge in [0, 0.05) is 22.8 Å². The first-order valence-corrected chi connectivity index (χ1v) is 10.1. The smallest absolute Gasteiger partial charge is 0.330 e. The molecule has 2 aromatic heterocycles. The van der Waals surface area contributed by atoms with Crippen LogP contribution in [0, 0.1) is 5.92 Å². The van der Waals surface area contributed by atoms with Crippen LogP contribution in [0.5, 0.6) is 0 Å². The number of fused-ring (bicyclic) bond motifs is 1. The van der Waals surface area contributed by atoms with Crippen LogP contribution in [0.15, 0.2) is 58.1 Å². The molecule has 2 aromatic carbocycles. The van der Waals surface area contributed by atoms with Crippen LogP contribution in [0.3, 0.4) is 0 Å². The molecule has 0 aliphatic carbocycles. The molecule has 4 aromatic rings. The molecule has 158 valence electrons. The maximum atomic E-state index is 13.4. The number of benzene rings is 2. The van der Waals surface area contributed by atoms with Crippen molar-refractivity contribution in [1.29, 1.82) is 0 Å². The van der Waals surface area contributed by atoms with Gasteiger partial charge in [-0.25, -0.2) is 9.78 Å². The standard InChI is InChI=1S/C21H17Cl2N5O3/c1-11(17(24)29)10-27-20(30)16-18(26-21(27)31)25-19(14-4-2-3-5-15(14)23)28(16)13-8-6-12(22)7-9-13/h2-9,11H,10H2,1H3,(H2,24,29)(H,26,31). The number of aromatic nitrogens is 4. The fourth-order valence-electron chi connectivity index (χ4n) is 3.29. The van der Waals surface area contributed by atoms with E-state index in [0.717, 1.165) is 4.57 Å². The summed E-state index contributed by atoms with van der Waals surface area (Å²) >= 11 is 12.4. The summed E-state index contributed by atoms with van der Waals surface area (Å²) in [7, 11) is 0. The topological polar surface area (TPSA) is 116 Å². The molecule has 10 heteroatoms. The molecule has 3 N–H and O–H groups in total. The summed E-state index contributed by atoms with van der Waals surface area (Å²) in [6, 6.07) is 13.9. The summed E-state index contributed by atoms with van der Waals surface area (Å²) in [5, 5.41) is 0.951. The highest BCUT2D eigenvalue weighted by Crippen LogP contribution is 2.31. The van der Waals surface area contributed by atoms with Crippen LogP contribution < -0.4 is 17.0 Å². The minimum Gasteiger partial charge on any atom is -0.369 e. The second-order valence-electron chi connectivity index (χ2n) is 7.07. The van der Waals surface area contributed by atoms with E-state index in [2.05, 4.69) is 9.97 Å². The number of amides is 1. The zero-order chi connectivity index (χ0) is 22.3. The van der Waals surface area contributed by atoms with Gasteiger partial charge in [0.15, 0.2) is 11.2 Å². The Morgan fingerprint density at radius 1 is 1.13 bits per heavy atom. The quantitative estimate of drug-likeness (QED) is 0.478. The van der Waals surface area contributed by atoms with Crippen LogP contribution in [0.2, 0.25) is 10.0 Å². The lowest BCUT2D eigenvalue weighted by molar-refractivity contribution is -0.121. The van der Waals surface area contributed by atoms with Gasteiger partial charge in [-0.1, -0.05) is 42.3 Å². The van der Waals surface area contributed by atoms with Crippen molar-refractivity contribution in [3.05, 3.63) is 79.4 Å². The summed E-state index contributed by atoms with van der Waals surface area (Å²) in [6.07, 6.45) is 0. The van der Waals surface area contributed by atoms with E-state index in [1.54, 1.807) is 60.0 Å². The Hall–Kier alpha value is -3.36. The third kappa shape index (κ3) is 3.75. The molecule has 0 bridgehead atoms. The number of hydrogen-bond donors (Lipinski definition) is 2. The first-order chi connectivity index (χ1) is 14.8. The van der Waals surface area contributed by atoms with E-state index in [1.807, 2.05) is 0 Å². The fourth-order valence-corrected chi connectivity index (χ4v) is 3.63. The molecule has 1 atom stereocenters. The van der Waals surface area contributed by atoms with Gasteiger partial charge in [0.1, 0.15) is 5.82 Å². The lowest BCUT2D eigenvalue weighted by atomic mass is 10.2. The lowest BCUT2D eigenvalue weighted by Gasteiger charge is -2.12. The molecule has 1 amide bonds. The molecule has 0 fully saturated rings. The number of aromatic amines is 1. The highest BCUT2D eigenvalue weighted by molar-refractivity contribution is 6.33. The first kappa shape index (κ1) is 20.9. The Kier molecular flexibility index (Phi) is 5.43. The van der Waals surface area contributed by atoms with E-state index in [1.165, 1.54) is 0 Å². The summed E-state index contributed by atoms with van der Waals surface area (Å²) < 4.78 is 2.55. The zero-order valence-corrected chi connectivity index (χ0v) is 17.8. The lowest BCUT2D eigenvalue weighted by Crippen LogP contribution is -2.39. The molecular formula is C21H17Cl2N5O3. The molecule has 8 nitrogen and oxygen atoms in total. The van der Waals surface area contributed by atoms with E-state index in [9.17, 15) is 14.4 Å². The fraction of sp³-hybridized carbons (Fsp3) is 0.143. The third-order valence-electron chi connectivity index (χ3n) is 4.94. The SMILES string of the molecule is CC(Cn1c(=O)[nH]c2nc(-c3ccccc3Cl)n(-c3ccc(Cl)cc3)c2c1=O)C(N)=O. The van der Waals surface area contributed by atoms with Gasteiger partial charge in [-0.15, -0.1) is 0 Å². The number of hydrogen-bond acceptors (Lipinski definition) is 4. The highest BCUT2D eigenvalue weighted by Gasteiger charge is 2.22. The van der Waals surface area contributed by atoms with Gasteiger partial charge in [0.25, 0.3) is 5.56 Å². The second-order valence-corrected chi connectivity index (χ2v) is 7.92. The maximum absolute atomic E-state index is 13.4. The van der Waals surface area contributed by atoms with Crippen LogP contribution in [0.4, 0.5) is 0 Å². The number of carbonyl (C=O) groups excluding carboxylic acids is 1. The number of nitrogens with one attached hydrogen (secondary N) is 1. The van der Waals surface area contributed by atoms with Gasteiger partial charge in [-0.05, 0) is 36.4 Å². The molecule has 2 heterocycles. The predicted molar refractivity (Wildman–Crippen MR) is 120 cm³/mol. The van der Waals surface area contributed by atoms with Crippen molar-refractivity contribution in [3.8, 4) is 17.1 Å². The monoisotopic (exact) mass is 457 g/mol. The number of nitrogens with zero attached hydrogens (tertiary/aromatic N) is 3. The summed E-state index contributed by atoms with van der Waals surface area (Å²) in [6.45, 7) is 1.39. The van der Waals surface area contributed by atoms with E-state index in [-0.39, 0.29) is 17.7 Å². The Morgan fingerprint density at radius 3 is 2.45 bits per heavy atom. The Bertz CT molecular complexity index is 1420. The van der Waals surface area contributed by atoms with Crippen molar-refractivity contribution in [2.24, 2.45) is 11.7 Å². The number of imidazole rings is 1. The van der Waals surface area contributed by atoms with Crippen LogP contribution in [0.25, 0.3) is 28.2 Å². The van der Waals surface area contributed by atoms with Crippen molar-refractivity contribution in [1.82, 2.24) is 19.1 Å². The minimum absolute atomic E-state index is 0.0999. The molecule has 0 aliphatic heterocycles. The van der Waals surface area contributed by atoms with Crippen molar-refractivity contribution in [2.45, 2.75) is 13.5 Å². The second kappa shape index (κ2) is 8.05. The Labute approximate surface area is 185 Å². The molecule has 0 aliphatic rings. The minimum atomic E-state index is -0.716. The molecule has 4 rings (SSSR count). The normalized spacial score (nSPS) is 12.2.